The van der Waals surface area contributed by atoms with E-state index in [1.165, 1.54) is 19.6 Å². The van der Waals surface area contributed by atoms with Crippen LogP contribution < -0.4 is 20.1 Å². The van der Waals surface area contributed by atoms with Crippen LogP contribution in [0.2, 0.25) is 10.0 Å². The Morgan fingerprint density at radius 2 is 1.77 bits per heavy atom. The summed E-state index contributed by atoms with van der Waals surface area (Å²) in [5.41, 5.74) is 1.08. The molecule has 0 aliphatic heterocycles. The van der Waals surface area contributed by atoms with Crippen molar-refractivity contribution in [1.82, 2.24) is 5.32 Å². The van der Waals surface area contributed by atoms with Crippen molar-refractivity contribution >= 4 is 40.7 Å². The van der Waals surface area contributed by atoms with Crippen molar-refractivity contribution in [3.63, 3.8) is 0 Å². The van der Waals surface area contributed by atoms with E-state index in [1.807, 2.05) is 6.92 Å². The van der Waals surface area contributed by atoms with Gasteiger partial charge in [-0.1, -0.05) is 42.5 Å². The molecule has 0 unspecified atom stereocenters. The van der Waals surface area contributed by atoms with Crippen LogP contribution in [0.1, 0.15) is 59.7 Å². The van der Waals surface area contributed by atoms with Crippen LogP contribution >= 0.6 is 23.2 Å². The van der Waals surface area contributed by atoms with Gasteiger partial charge in [0.15, 0.2) is 11.5 Å². The van der Waals surface area contributed by atoms with E-state index >= 15 is 0 Å². The third-order valence-electron chi connectivity index (χ3n) is 5.19. The fourth-order valence-corrected chi connectivity index (χ4v) is 4.09. The van der Waals surface area contributed by atoms with E-state index in [-0.39, 0.29) is 17.0 Å². The van der Waals surface area contributed by atoms with Crippen LogP contribution in [-0.4, -0.2) is 31.6 Å². The molecule has 166 valence electrons. The van der Waals surface area contributed by atoms with Crippen molar-refractivity contribution in [2.75, 3.05) is 19.0 Å². The van der Waals surface area contributed by atoms with E-state index in [0.29, 0.717) is 39.9 Å². The predicted octanol–water partition coefficient (Wildman–Crippen LogP) is 5.72. The van der Waals surface area contributed by atoms with Crippen LogP contribution in [0.3, 0.4) is 0 Å². The number of hydrogen-bond acceptors (Lipinski definition) is 4. The van der Waals surface area contributed by atoms with Gasteiger partial charge in [0.1, 0.15) is 0 Å². The van der Waals surface area contributed by atoms with Gasteiger partial charge >= 0.3 is 0 Å². The number of halogens is 2. The summed E-state index contributed by atoms with van der Waals surface area (Å²) in [7, 11) is 1.48. The topological polar surface area (TPSA) is 76.7 Å². The second-order valence-electron chi connectivity index (χ2n) is 7.38. The number of carbonyl (C=O) groups excluding carboxylic acids is 2. The number of nitrogens with one attached hydrogen (secondary N) is 2. The van der Waals surface area contributed by atoms with Gasteiger partial charge in [-0.3, -0.25) is 9.59 Å². The number of carbonyl (C=O) groups is 2. The van der Waals surface area contributed by atoms with Gasteiger partial charge in [0.25, 0.3) is 11.8 Å². The smallest absolute Gasteiger partial charge is 0.255 e. The number of ether oxygens (including phenoxy) is 2. The number of amides is 2. The summed E-state index contributed by atoms with van der Waals surface area (Å²) in [6.07, 6.45) is 5.38. The molecule has 0 radical (unpaired) electrons. The molecule has 2 N–H and O–H groups in total. The lowest BCUT2D eigenvalue weighted by atomic mass is 9.95. The Labute approximate surface area is 192 Å². The summed E-state index contributed by atoms with van der Waals surface area (Å²) >= 11 is 12.5. The number of anilines is 1. The molecular weight excluding hydrogens is 439 g/mol. The van der Waals surface area contributed by atoms with E-state index in [0.717, 1.165) is 25.7 Å². The molecule has 0 heterocycles. The highest BCUT2D eigenvalue weighted by molar-refractivity contribution is 6.34. The largest absolute Gasteiger partial charge is 0.493 e. The van der Waals surface area contributed by atoms with Crippen LogP contribution in [0.5, 0.6) is 11.5 Å². The minimum atomic E-state index is -0.399. The Balaban J connectivity index is 1.76. The summed E-state index contributed by atoms with van der Waals surface area (Å²) in [6.45, 7) is 2.25. The Morgan fingerprint density at radius 1 is 1.03 bits per heavy atom. The van der Waals surface area contributed by atoms with Gasteiger partial charge in [-0.05, 0) is 50.1 Å². The number of hydrogen-bond donors (Lipinski definition) is 2. The molecule has 2 aromatic carbocycles. The molecule has 1 aliphatic carbocycles. The minimum absolute atomic E-state index is 0.161. The fourth-order valence-electron chi connectivity index (χ4n) is 3.63. The molecule has 2 amide bonds. The first-order valence-electron chi connectivity index (χ1n) is 10.3. The zero-order valence-corrected chi connectivity index (χ0v) is 19.1. The average Bonchev–Trinajstić information content (AvgIpc) is 2.76. The first-order chi connectivity index (χ1) is 14.9. The van der Waals surface area contributed by atoms with E-state index in [1.54, 1.807) is 24.3 Å². The van der Waals surface area contributed by atoms with Gasteiger partial charge in [-0.25, -0.2) is 0 Å². The lowest BCUT2D eigenvalue weighted by molar-refractivity contribution is 0.0926. The molecular formula is C23H26Cl2N2O4. The minimum Gasteiger partial charge on any atom is -0.493 e. The molecule has 31 heavy (non-hydrogen) atoms. The lowest BCUT2D eigenvalue weighted by Gasteiger charge is -2.23. The van der Waals surface area contributed by atoms with Crippen molar-refractivity contribution in [2.45, 2.75) is 45.1 Å². The van der Waals surface area contributed by atoms with Gasteiger partial charge in [0, 0.05) is 17.3 Å². The van der Waals surface area contributed by atoms with Crippen molar-refractivity contribution in [3.8, 4) is 11.5 Å². The van der Waals surface area contributed by atoms with Crippen molar-refractivity contribution < 1.29 is 19.1 Å². The molecule has 1 aliphatic rings. The molecule has 0 aromatic heterocycles. The molecule has 0 atom stereocenters. The zero-order chi connectivity index (χ0) is 22.4. The number of rotatable bonds is 7. The lowest BCUT2D eigenvalue weighted by Crippen LogP contribution is -2.36. The van der Waals surface area contributed by atoms with Gasteiger partial charge in [-0.2, -0.15) is 0 Å². The van der Waals surface area contributed by atoms with E-state index < -0.39 is 5.91 Å². The van der Waals surface area contributed by atoms with E-state index in [2.05, 4.69) is 10.6 Å². The van der Waals surface area contributed by atoms with Gasteiger partial charge < -0.3 is 20.1 Å². The quantitative estimate of drug-likeness (QED) is 0.549. The Kier molecular flexibility index (Phi) is 8.04. The Bertz CT molecular complexity index is 959. The van der Waals surface area contributed by atoms with E-state index in [4.69, 9.17) is 32.7 Å². The van der Waals surface area contributed by atoms with Crippen LogP contribution in [0, 0.1) is 0 Å². The molecule has 3 rings (SSSR count). The van der Waals surface area contributed by atoms with Crippen LogP contribution in [0.25, 0.3) is 0 Å². The van der Waals surface area contributed by atoms with Crippen LogP contribution in [-0.2, 0) is 0 Å². The maximum absolute atomic E-state index is 12.8. The highest BCUT2D eigenvalue weighted by atomic mass is 35.5. The predicted molar refractivity (Wildman–Crippen MR) is 123 cm³/mol. The zero-order valence-electron chi connectivity index (χ0n) is 17.6. The monoisotopic (exact) mass is 464 g/mol. The van der Waals surface area contributed by atoms with Gasteiger partial charge in [0.05, 0.1) is 29.3 Å². The van der Waals surface area contributed by atoms with Crippen molar-refractivity contribution in [2.24, 2.45) is 0 Å². The summed E-state index contributed by atoms with van der Waals surface area (Å²) in [6, 6.07) is 8.04. The number of benzene rings is 2. The molecule has 8 heteroatoms. The fraction of sp³-hybridized carbons (Fsp3) is 0.391. The first-order valence-corrected chi connectivity index (χ1v) is 11.1. The Morgan fingerprint density at radius 3 is 2.45 bits per heavy atom. The molecule has 0 bridgehead atoms. The maximum Gasteiger partial charge on any atom is 0.255 e. The summed E-state index contributed by atoms with van der Waals surface area (Å²) in [4.78, 5) is 25.5. The van der Waals surface area contributed by atoms with Crippen molar-refractivity contribution in [1.29, 1.82) is 0 Å². The molecule has 6 nitrogen and oxygen atoms in total. The third kappa shape index (κ3) is 5.83. The second-order valence-corrected chi connectivity index (χ2v) is 8.19. The van der Waals surface area contributed by atoms with Crippen molar-refractivity contribution in [3.05, 3.63) is 51.5 Å². The highest BCUT2D eigenvalue weighted by Crippen LogP contribution is 2.36. The summed E-state index contributed by atoms with van der Waals surface area (Å²) < 4.78 is 10.8. The third-order valence-corrected chi connectivity index (χ3v) is 5.80. The van der Waals surface area contributed by atoms with E-state index in [9.17, 15) is 9.59 Å². The standard InChI is InChI=1S/C23H26Cl2N2O4/c1-3-31-21-19(25)11-14(12-20(21)30-2)22(28)27-16-9-10-18(24)17(13-16)23(29)26-15-7-5-4-6-8-15/h9-13,15H,3-8H2,1-2H3,(H,26,29)(H,27,28). The maximum atomic E-state index is 12.8. The number of methoxy groups -OCH3 is 1. The van der Waals surface area contributed by atoms with Crippen LogP contribution in [0.15, 0.2) is 30.3 Å². The molecule has 1 saturated carbocycles. The summed E-state index contributed by atoms with van der Waals surface area (Å²) in [5.74, 6) is 0.113. The molecule has 0 spiro atoms. The van der Waals surface area contributed by atoms with Gasteiger partial charge in [0.2, 0.25) is 0 Å². The highest BCUT2D eigenvalue weighted by Gasteiger charge is 2.20. The van der Waals surface area contributed by atoms with Gasteiger partial charge in [-0.15, -0.1) is 0 Å². The molecule has 0 saturated heterocycles. The molecule has 2 aromatic rings. The van der Waals surface area contributed by atoms with Crippen LogP contribution in [0.4, 0.5) is 5.69 Å². The Hall–Kier alpha value is -2.44. The summed E-state index contributed by atoms with van der Waals surface area (Å²) in [5, 5.41) is 6.43. The second kappa shape index (κ2) is 10.7. The first kappa shape index (κ1) is 23.2. The average molecular weight is 465 g/mol. The normalized spacial score (nSPS) is 14.1. The molecule has 1 fully saturated rings. The SMILES string of the molecule is CCOc1c(Cl)cc(C(=O)Nc2ccc(Cl)c(C(=O)NC3CCCCC3)c2)cc1OC.